The molecule has 8 heteroatoms. The van der Waals surface area contributed by atoms with Crippen LogP contribution in [0.15, 0.2) is 24.3 Å². The number of rotatable bonds is 7. The summed E-state index contributed by atoms with van der Waals surface area (Å²) in [4.78, 5) is 35.0. The lowest BCUT2D eigenvalue weighted by Gasteiger charge is -2.19. The summed E-state index contributed by atoms with van der Waals surface area (Å²) in [5, 5.41) is 7.85. The Morgan fingerprint density at radius 2 is 1.68 bits per heavy atom. The number of halogens is 1. The lowest BCUT2D eigenvalue weighted by atomic mass is 10.2. The number of hydrogen-bond acceptors (Lipinski definition) is 4. The highest BCUT2D eigenvalue weighted by molar-refractivity contribution is 14.1. The molecule has 0 aliphatic carbocycles. The zero-order valence-corrected chi connectivity index (χ0v) is 16.8. The molecular formula is C17H24IN3O4. The van der Waals surface area contributed by atoms with Crippen LogP contribution in [0.3, 0.4) is 0 Å². The van der Waals surface area contributed by atoms with Gasteiger partial charge in [-0.3, -0.25) is 9.59 Å². The van der Waals surface area contributed by atoms with Crippen molar-refractivity contribution in [3.05, 3.63) is 33.4 Å². The minimum Gasteiger partial charge on any atom is -0.444 e. The Morgan fingerprint density at radius 1 is 1.04 bits per heavy atom. The predicted molar refractivity (Wildman–Crippen MR) is 103 cm³/mol. The Balaban J connectivity index is 2.15. The molecule has 7 nitrogen and oxygen atoms in total. The molecule has 0 radical (unpaired) electrons. The third-order valence-corrected chi connectivity index (χ3v) is 3.81. The minimum atomic E-state index is -0.632. The monoisotopic (exact) mass is 461 g/mol. The third-order valence-electron chi connectivity index (χ3n) is 2.87. The first-order valence-corrected chi connectivity index (χ1v) is 9.03. The lowest BCUT2D eigenvalue weighted by molar-refractivity contribution is -0.120. The van der Waals surface area contributed by atoms with Crippen molar-refractivity contribution in [3.63, 3.8) is 0 Å². The van der Waals surface area contributed by atoms with E-state index in [1.165, 1.54) is 0 Å². The normalized spacial score (nSPS) is 10.7. The number of alkyl carbamates (subject to hydrolysis) is 1. The lowest BCUT2D eigenvalue weighted by Crippen LogP contribution is -2.40. The Labute approximate surface area is 161 Å². The fourth-order valence-electron chi connectivity index (χ4n) is 1.79. The van der Waals surface area contributed by atoms with E-state index < -0.39 is 11.7 Å². The van der Waals surface area contributed by atoms with Crippen LogP contribution in [0, 0.1) is 3.57 Å². The van der Waals surface area contributed by atoms with Gasteiger partial charge >= 0.3 is 6.09 Å². The maximum absolute atomic E-state index is 12.0. The summed E-state index contributed by atoms with van der Waals surface area (Å²) in [6.45, 7) is 5.94. The van der Waals surface area contributed by atoms with E-state index in [1.807, 2.05) is 18.2 Å². The van der Waals surface area contributed by atoms with Crippen molar-refractivity contribution in [2.75, 3.05) is 19.6 Å². The van der Waals surface area contributed by atoms with Gasteiger partial charge in [0.1, 0.15) is 5.60 Å². The molecule has 0 saturated heterocycles. The molecule has 1 aromatic carbocycles. The fraction of sp³-hybridized carbons (Fsp3) is 0.471. The Hall–Kier alpha value is -1.84. The Bertz CT molecular complexity index is 614. The van der Waals surface area contributed by atoms with Crippen LogP contribution in [0.4, 0.5) is 4.79 Å². The van der Waals surface area contributed by atoms with Gasteiger partial charge in [-0.1, -0.05) is 12.1 Å². The van der Waals surface area contributed by atoms with E-state index in [4.69, 9.17) is 4.74 Å². The fourth-order valence-corrected chi connectivity index (χ4v) is 2.42. The molecule has 0 atom stereocenters. The van der Waals surface area contributed by atoms with Crippen molar-refractivity contribution in [3.8, 4) is 0 Å². The van der Waals surface area contributed by atoms with Gasteiger partial charge in [0.25, 0.3) is 5.91 Å². The second-order valence-electron chi connectivity index (χ2n) is 6.29. The Morgan fingerprint density at radius 3 is 2.32 bits per heavy atom. The maximum atomic E-state index is 12.0. The van der Waals surface area contributed by atoms with Crippen LogP contribution >= 0.6 is 22.6 Å². The first-order valence-electron chi connectivity index (χ1n) is 7.95. The van der Waals surface area contributed by atoms with Crippen LogP contribution in [-0.4, -0.2) is 43.1 Å². The molecular weight excluding hydrogens is 437 g/mol. The van der Waals surface area contributed by atoms with E-state index in [2.05, 4.69) is 38.5 Å². The topological polar surface area (TPSA) is 96.5 Å². The highest BCUT2D eigenvalue weighted by Gasteiger charge is 2.16. The molecule has 1 rings (SSSR count). The number of amides is 3. The van der Waals surface area contributed by atoms with Gasteiger partial charge in [-0.15, -0.1) is 0 Å². The molecule has 3 amide bonds. The average Bonchev–Trinajstić information content (AvgIpc) is 2.51. The standard InChI is InChI=1S/C17H24IN3O4/c1-17(2,3)25-16(24)21-11-14(22)19-9-6-10-20-15(23)12-7-4-5-8-13(12)18/h4-5,7-8H,6,9-11H2,1-3H3,(H,19,22)(H,20,23)(H,21,24). The number of ether oxygens (including phenoxy) is 1. The number of nitrogens with one attached hydrogen (secondary N) is 3. The maximum Gasteiger partial charge on any atom is 0.408 e. The smallest absolute Gasteiger partial charge is 0.408 e. The van der Waals surface area contributed by atoms with Gasteiger partial charge in [-0.2, -0.15) is 0 Å². The quantitative estimate of drug-likeness (QED) is 0.428. The molecule has 0 heterocycles. The van der Waals surface area contributed by atoms with Gasteiger partial charge < -0.3 is 20.7 Å². The molecule has 0 aromatic heterocycles. The van der Waals surface area contributed by atoms with Crippen LogP contribution < -0.4 is 16.0 Å². The van der Waals surface area contributed by atoms with Gasteiger partial charge in [-0.05, 0) is 61.9 Å². The molecule has 1 aromatic rings. The van der Waals surface area contributed by atoms with Crippen molar-refractivity contribution >= 4 is 40.5 Å². The highest BCUT2D eigenvalue weighted by Crippen LogP contribution is 2.10. The van der Waals surface area contributed by atoms with Crippen LogP contribution in [-0.2, 0) is 9.53 Å². The summed E-state index contributed by atoms with van der Waals surface area (Å²) in [6, 6.07) is 7.32. The van der Waals surface area contributed by atoms with E-state index in [9.17, 15) is 14.4 Å². The highest BCUT2D eigenvalue weighted by atomic mass is 127. The molecule has 0 unspecified atom stereocenters. The van der Waals surface area contributed by atoms with E-state index in [0.29, 0.717) is 25.1 Å². The van der Waals surface area contributed by atoms with Gasteiger partial charge in [0.2, 0.25) is 5.91 Å². The summed E-state index contributed by atoms with van der Waals surface area (Å²) in [5.74, 6) is -0.447. The summed E-state index contributed by atoms with van der Waals surface area (Å²) in [5.41, 5.74) is 0.0312. The molecule has 138 valence electrons. The largest absolute Gasteiger partial charge is 0.444 e. The van der Waals surface area contributed by atoms with E-state index >= 15 is 0 Å². The van der Waals surface area contributed by atoms with Gasteiger partial charge in [-0.25, -0.2) is 4.79 Å². The van der Waals surface area contributed by atoms with Gasteiger partial charge in [0, 0.05) is 16.7 Å². The minimum absolute atomic E-state index is 0.136. The van der Waals surface area contributed by atoms with Gasteiger partial charge in [0.05, 0.1) is 12.1 Å². The average molecular weight is 461 g/mol. The van der Waals surface area contributed by atoms with Crippen LogP contribution in [0.1, 0.15) is 37.6 Å². The number of carbonyl (C=O) groups excluding carboxylic acids is 3. The van der Waals surface area contributed by atoms with E-state index in [-0.39, 0.29) is 18.4 Å². The number of benzene rings is 1. The van der Waals surface area contributed by atoms with Crippen molar-refractivity contribution in [2.45, 2.75) is 32.8 Å². The van der Waals surface area contributed by atoms with E-state index in [1.54, 1.807) is 26.8 Å². The second-order valence-corrected chi connectivity index (χ2v) is 7.46. The van der Waals surface area contributed by atoms with Crippen molar-refractivity contribution in [2.24, 2.45) is 0 Å². The SMILES string of the molecule is CC(C)(C)OC(=O)NCC(=O)NCCCNC(=O)c1ccccc1I. The zero-order valence-electron chi connectivity index (χ0n) is 14.6. The molecule has 0 saturated carbocycles. The molecule has 0 fully saturated rings. The first kappa shape index (κ1) is 21.2. The molecule has 0 bridgehead atoms. The summed E-state index contributed by atoms with van der Waals surface area (Å²) in [7, 11) is 0. The third kappa shape index (κ3) is 9.28. The molecule has 0 aliphatic rings. The molecule has 0 spiro atoms. The zero-order chi connectivity index (χ0) is 18.9. The van der Waals surface area contributed by atoms with Crippen molar-refractivity contribution in [1.82, 2.24) is 16.0 Å². The van der Waals surface area contributed by atoms with Crippen LogP contribution in [0.2, 0.25) is 0 Å². The Kier molecular flexibility index (Phi) is 8.67. The summed E-state index contributed by atoms with van der Waals surface area (Å²) >= 11 is 2.11. The van der Waals surface area contributed by atoms with Crippen LogP contribution in [0.5, 0.6) is 0 Å². The first-order chi connectivity index (χ1) is 11.7. The predicted octanol–water partition coefficient (Wildman–Crippen LogP) is 2.05. The second kappa shape index (κ2) is 10.2. The summed E-state index contributed by atoms with van der Waals surface area (Å²) in [6.07, 6.45) is -0.0415. The molecule has 25 heavy (non-hydrogen) atoms. The number of carbonyl (C=O) groups is 3. The summed E-state index contributed by atoms with van der Waals surface area (Å²) < 4.78 is 5.92. The number of hydrogen-bond donors (Lipinski definition) is 3. The van der Waals surface area contributed by atoms with E-state index in [0.717, 1.165) is 3.57 Å². The van der Waals surface area contributed by atoms with Crippen molar-refractivity contribution < 1.29 is 19.1 Å². The van der Waals surface area contributed by atoms with Crippen molar-refractivity contribution in [1.29, 1.82) is 0 Å². The molecule has 3 N–H and O–H groups in total. The van der Waals surface area contributed by atoms with Gasteiger partial charge in [0.15, 0.2) is 0 Å². The molecule has 0 aliphatic heterocycles. The van der Waals surface area contributed by atoms with Crippen LogP contribution in [0.25, 0.3) is 0 Å².